The lowest BCUT2D eigenvalue weighted by Crippen LogP contribution is -2.02. The summed E-state index contributed by atoms with van der Waals surface area (Å²) in [5.41, 5.74) is 6.94. The van der Waals surface area contributed by atoms with E-state index in [9.17, 15) is 0 Å². The summed E-state index contributed by atoms with van der Waals surface area (Å²) in [4.78, 5) is 0. The molecule has 0 amide bonds. The van der Waals surface area contributed by atoms with Crippen LogP contribution in [0.25, 0.3) is 0 Å². The molecule has 1 aliphatic rings. The van der Waals surface area contributed by atoms with Crippen LogP contribution in [-0.4, -0.2) is 0 Å². The van der Waals surface area contributed by atoms with Crippen molar-refractivity contribution < 1.29 is 4.74 Å². The van der Waals surface area contributed by atoms with Gasteiger partial charge in [-0.05, 0) is 32.4 Å². The normalized spacial score (nSPS) is 21.4. The first-order chi connectivity index (χ1) is 7.68. The van der Waals surface area contributed by atoms with Gasteiger partial charge >= 0.3 is 0 Å². The van der Waals surface area contributed by atoms with E-state index < -0.39 is 0 Å². The molecule has 0 aromatic rings. The lowest BCUT2D eigenvalue weighted by molar-refractivity contribution is 0.294. The molecule has 0 saturated heterocycles. The van der Waals surface area contributed by atoms with Gasteiger partial charge in [0.1, 0.15) is 5.76 Å². The summed E-state index contributed by atoms with van der Waals surface area (Å²) in [7, 11) is 0. The SMILES string of the molecule is CC(C)=C/C=C(\N)O/C1=C/C=CC/C=C\C1. The molecule has 2 N–H and O–H groups in total. The van der Waals surface area contributed by atoms with Crippen molar-refractivity contribution in [3.63, 3.8) is 0 Å². The Morgan fingerprint density at radius 3 is 2.81 bits per heavy atom. The molecule has 2 heteroatoms. The van der Waals surface area contributed by atoms with E-state index in [1.807, 2.05) is 32.1 Å². The molecular weight excluding hydrogens is 198 g/mol. The van der Waals surface area contributed by atoms with Crippen molar-refractivity contribution in [2.45, 2.75) is 26.7 Å². The van der Waals surface area contributed by atoms with Crippen LogP contribution in [0.1, 0.15) is 26.7 Å². The van der Waals surface area contributed by atoms with E-state index in [0.717, 1.165) is 18.6 Å². The molecule has 0 atom stereocenters. The number of nitrogens with two attached hydrogens (primary N) is 1. The topological polar surface area (TPSA) is 35.2 Å². The molecule has 0 heterocycles. The lowest BCUT2D eigenvalue weighted by Gasteiger charge is -2.08. The first-order valence-electron chi connectivity index (χ1n) is 5.47. The first kappa shape index (κ1) is 12.4. The van der Waals surface area contributed by atoms with Crippen LogP contribution in [0.4, 0.5) is 0 Å². The van der Waals surface area contributed by atoms with Gasteiger partial charge in [0.15, 0.2) is 5.88 Å². The maximum absolute atomic E-state index is 5.75. The van der Waals surface area contributed by atoms with Crippen molar-refractivity contribution in [1.82, 2.24) is 0 Å². The fraction of sp³-hybridized carbons (Fsp3) is 0.286. The Bertz CT molecular complexity index is 366. The van der Waals surface area contributed by atoms with Crippen molar-refractivity contribution in [1.29, 1.82) is 0 Å². The quantitative estimate of drug-likeness (QED) is 0.445. The van der Waals surface area contributed by atoms with Crippen LogP contribution in [0.15, 0.2) is 59.7 Å². The third-order valence-electron chi connectivity index (χ3n) is 2.01. The molecule has 0 unspecified atom stereocenters. The molecule has 1 aliphatic carbocycles. The Balaban J connectivity index is 2.62. The lowest BCUT2D eigenvalue weighted by atomic mass is 10.2. The predicted molar refractivity (Wildman–Crippen MR) is 68.4 cm³/mol. The highest BCUT2D eigenvalue weighted by Gasteiger charge is 1.98. The van der Waals surface area contributed by atoms with E-state index in [2.05, 4.69) is 18.2 Å². The molecule has 0 bridgehead atoms. The summed E-state index contributed by atoms with van der Waals surface area (Å²) < 4.78 is 5.53. The van der Waals surface area contributed by atoms with Gasteiger partial charge in [0.25, 0.3) is 0 Å². The Morgan fingerprint density at radius 2 is 2.06 bits per heavy atom. The van der Waals surface area contributed by atoms with Crippen LogP contribution in [-0.2, 0) is 4.74 Å². The number of allylic oxidation sites excluding steroid dienone is 8. The van der Waals surface area contributed by atoms with E-state index in [4.69, 9.17) is 10.5 Å². The van der Waals surface area contributed by atoms with Gasteiger partial charge in [-0.25, -0.2) is 0 Å². The summed E-state index contributed by atoms with van der Waals surface area (Å²) in [6, 6.07) is 0. The van der Waals surface area contributed by atoms with Gasteiger partial charge in [-0.3, -0.25) is 0 Å². The smallest absolute Gasteiger partial charge is 0.190 e. The van der Waals surface area contributed by atoms with Crippen LogP contribution in [0.2, 0.25) is 0 Å². The van der Waals surface area contributed by atoms with Crippen molar-refractivity contribution in [2.75, 3.05) is 0 Å². The molecule has 0 aliphatic heterocycles. The average molecular weight is 217 g/mol. The summed E-state index contributed by atoms with van der Waals surface area (Å²) in [6.07, 6.45) is 15.7. The standard InChI is InChI=1S/C14H19NO/c1-12(2)10-11-14(15)16-13-8-6-4-3-5-7-9-13/h4-8,10-11H,3,9,15H2,1-2H3/b6-4?,7-5-,13-8+,14-11+. The minimum Gasteiger partial charge on any atom is -0.446 e. The second kappa shape index (κ2) is 6.72. The van der Waals surface area contributed by atoms with Crippen LogP contribution >= 0.6 is 0 Å². The van der Waals surface area contributed by atoms with Crippen molar-refractivity contribution in [3.8, 4) is 0 Å². The molecule has 0 radical (unpaired) electrons. The molecular formula is C14H19NO. The molecule has 0 saturated carbocycles. The second-order valence-electron chi connectivity index (χ2n) is 3.89. The van der Waals surface area contributed by atoms with E-state index >= 15 is 0 Å². The average Bonchev–Trinajstić information content (AvgIpc) is 2.19. The zero-order valence-corrected chi connectivity index (χ0v) is 9.94. The first-order valence-corrected chi connectivity index (χ1v) is 5.47. The molecule has 2 nitrogen and oxygen atoms in total. The fourth-order valence-corrected chi connectivity index (χ4v) is 1.21. The van der Waals surface area contributed by atoms with Gasteiger partial charge in [0, 0.05) is 6.42 Å². The number of hydrogen-bond donors (Lipinski definition) is 1. The van der Waals surface area contributed by atoms with Crippen molar-refractivity contribution in [3.05, 3.63) is 59.7 Å². The summed E-state index contributed by atoms with van der Waals surface area (Å²) in [5.74, 6) is 1.29. The molecule has 86 valence electrons. The van der Waals surface area contributed by atoms with Gasteiger partial charge in [0.2, 0.25) is 0 Å². The summed E-state index contributed by atoms with van der Waals surface area (Å²) in [6.45, 7) is 4.04. The van der Waals surface area contributed by atoms with Crippen LogP contribution in [0.5, 0.6) is 0 Å². The maximum Gasteiger partial charge on any atom is 0.190 e. The van der Waals surface area contributed by atoms with E-state index in [1.165, 1.54) is 5.57 Å². The van der Waals surface area contributed by atoms with E-state index in [1.54, 1.807) is 6.08 Å². The van der Waals surface area contributed by atoms with Gasteiger partial charge in [-0.1, -0.05) is 36.0 Å². The molecule has 16 heavy (non-hydrogen) atoms. The van der Waals surface area contributed by atoms with E-state index in [-0.39, 0.29) is 0 Å². The van der Waals surface area contributed by atoms with Crippen molar-refractivity contribution >= 4 is 0 Å². The third-order valence-corrected chi connectivity index (χ3v) is 2.01. The van der Waals surface area contributed by atoms with Crippen molar-refractivity contribution in [2.24, 2.45) is 5.73 Å². The monoisotopic (exact) mass is 217 g/mol. The molecule has 0 spiro atoms. The van der Waals surface area contributed by atoms with Gasteiger partial charge in [-0.2, -0.15) is 0 Å². The van der Waals surface area contributed by atoms with Gasteiger partial charge < -0.3 is 10.5 Å². The predicted octanol–water partition coefficient (Wildman–Crippen LogP) is 3.56. The summed E-state index contributed by atoms with van der Waals surface area (Å²) in [5, 5.41) is 0. The number of rotatable bonds is 3. The minimum absolute atomic E-state index is 0.426. The zero-order valence-electron chi connectivity index (χ0n) is 9.94. The fourth-order valence-electron chi connectivity index (χ4n) is 1.21. The molecule has 0 fully saturated rings. The highest BCUT2D eigenvalue weighted by molar-refractivity contribution is 5.17. The third kappa shape index (κ3) is 5.25. The Hall–Kier alpha value is -1.70. The highest BCUT2D eigenvalue weighted by Crippen LogP contribution is 2.11. The Labute approximate surface area is 97.5 Å². The molecule has 0 aromatic heterocycles. The molecule has 1 rings (SSSR count). The van der Waals surface area contributed by atoms with Gasteiger partial charge in [-0.15, -0.1) is 0 Å². The molecule has 0 aromatic carbocycles. The van der Waals surface area contributed by atoms with Gasteiger partial charge in [0.05, 0.1) is 0 Å². The Morgan fingerprint density at radius 1 is 1.25 bits per heavy atom. The number of hydrogen-bond acceptors (Lipinski definition) is 2. The highest BCUT2D eigenvalue weighted by atomic mass is 16.5. The largest absolute Gasteiger partial charge is 0.446 e. The van der Waals surface area contributed by atoms with Crippen LogP contribution < -0.4 is 5.73 Å². The summed E-state index contributed by atoms with van der Waals surface area (Å²) >= 11 is 0. The maximum atomic E-state index is 5.75. The van der Waals surface area contributed by atoms with Crippen LogP contribution in [0.3, 0.4) is 0 Å². The number of ether oxygens (including phenoxy) is 1. The van der Waals surface area contributed by atoms with Crippen LogP contribution in [0, 0.1) is 0 Å². The second-order valence-corrected chi connectivity index (χ2v) is 3.89. The zero-order chi connectivity index (χ0) is 11.8. The minimum atomic E-state index is 0.426. The Kier molecular flexibility index (Phi) is 5.20. The van der Waals surface area contributed by atoms with E-state index in [0.29, 0.717) is 5.88 Å².